The summed E-state index contributed by atoms with van der Waals surface area (Å²) < 4.78 is 0. The van der Waals surface area contributed by atoms with E-state index < -0.39 is 12.2 Å². The molecule has 0 spiro atoms. The lowest BCUT2D eigenvalue weighted by Gasteiger charge is -2.46. The molecule has 202 valence electrons. The van der Waals surface area contributed by atoms with Gasteiger partial charge in [-0.2, -0.15) is 5.01 Å². The largest absolute Gasteiger partial charge is 0.334 e. The molecule has 0 N–H and O–H groups in total. The fraction of sp³-hybridized carbons (Fsp3) is 0.323. The van der Waals surface area contributed by atoms with Crippen molar-refractivity contribution in [2.24, 2.45) is 0 Å². The Morgan fingerprint density at radius 1 is 0.872 bits per heavy atom. The summed E-state index contributed by atoms with van der Waals surface area (Å²) in [5, 5.41) is 3.34. The zero-order valence-electron chi connectivity index (χ0n) is 22.7. The molecule has 0 aromatic heterocycles. The molecule has 2 aliphatic rings. The molecule has 3 aromatic carbocycles. The average Bonchev–Trinajstić information content (AvgIpc) is 3.26. The summed E-state index contributed by atoms with van der Waals surface area (Å²) in [5.41, 5.74) is 4.18. The zero-order valence-corrected chi connectivity index (χ0v) is 22.7. The van der Waals surface area contributed by atoms with Crippen LogP contribution >= 0.6 is 0 Å². The Balaban J connectivity index is 1.41. The van der Waals surface area contributed by atoms with Crippen molar-refractivity contribution < 1.29 is 14.4 Å². The van der Waals surface area contributed by atoms with Gasteiger partial charge in [-0.3, -0.25) is 14.6 Å². The quantitative estimate of drug-likeness (QED) is 0.474. The highest BCUT2D eigenvalue weighted by molar-refractivity contribution is 5.91. The van der Waals surface area contributed by atoms with Gasteiger partial charge in [-0.1, -0.05) is 90.5 Å². The number of hydrogen-bond donors (Lipinski definition) is 0. The highest BCUT2D eigenvalue weighted by Gasteiger charge is 2.51. The van der Waals surface area contributed by atoms with Crippen LogP contribution in [-0.2, 0) is 29.1 Å². The molecule has 39 heavy (non-hydrogen) atoms. The molecule has 0 bridgehead atoms. The van der Waals surface area contributed by atoms with Gasteiger partial charge < -0.3 is 14.7 Å². The van der Waals surface area contributed by atoms with Crippen LogP contribution in [0.25, 0.3) is 0 Å². The van der Waals surface area contributed by atoms with Crippen molar-refractivity contribution in [3.63, 3.8) is 0 Å². The van der Waals surface area contributed by atoms with E-state index in [0.717, 1.165) is 22.3 Å². The van der Waals surface area contributed by atoms with E-state index >= 15 is 0 Å². The third-order valence-electron chi connectivity index (χ3n) is 7.55. The van der Waals surface area contributed by atoms with Crippen LogP contribution in [0.15, 0.2) is 84.9 Å². The van der Waals surface area contributed by atoms with Gasteiger partial charge in [0.25, 0.3) is 0 Å². The van der Waals surface area contributed by atoms with Crippen LogP contribution < -0.4 is 0 Å². The normalized spacial score (nSPS) is 19.3. The molecule has 3 aromatic rings. The summed E-state index contributed by atoms with van der Waals surface area (Å²) in [6.07, 6.45) is -0.0150. The van der Waals surface area contributed by atoms with Crippen LogP contribution in [0.4, 0.5) is 4.79 Å². The number of hydrazine groups is 1. The van der Waals surface area contributed by atoms with Crippen molar-refractivity contribution in [2.45, 2.75) is 38.6 Å². The summed E-state index contributed by atoms with van der Waals surface area (Å²) >= 11 is 0. The minimum absolute atomic E-state index is 0.0446. The lowest BCUT2D eigenvalue weighted by molar-refractivity contribution is -0.157. The van der Waals surface area contributed by atoms with E-state index in [1.807, 2.05) is 90.7 Å². The molecule has 8 heteroatoms. The van der Waals surface area contributed by atoms with Crippen LogP contribution in [0.1, 0.15) is 22.3 Å². The Labute approximate surface area is 230 Å². The monoisotopic (exact) mass is 525 g/mol. The van der Waals surface area contributed by atoms with Gasteiger partial charge in [-0.05, 0) is 23.6 Å². The number of hydrogen-bond acceptors (Lipinski definition) is 4. The van der Waals surface area contributed by atoms with Gasteiger partial charge in [0, 0.05) is 33.6 Å². The SMILES string of the molecule is Cc1cccc(CN2C[C@H]3N(C(=O)CN3N(C)C(=O)N(C)Cc3ccccc3)[C@@H](Cc3ccccc3)C2=O)c1. The lowest BCUT2D eigenvalue weighted by atomic mass is 10.00. The van der Waals surface area contributed by atoms with E-state index in [2.05, 4.69) is 6.07 Å². The number of benzene rings is 3. The molecule has 2 aliphatic heterocycles. The maximum atomic E-state index is 13.9. The summed E-state index contributed by atoms with van der Waals surface area (Å²) in [7, 11) is 3.46. The second kappa shape index (κ2) is 11.3. The molecule has 8 nitrogen and oxygen atoms in total. The number of fused-ring (bicyclic) bond motifs is 1. The third kappa shape index (κ3) is 5.66. The second-order valence-electron chi connectivity index (χ2n) is 10.4. The van der Waals surface area contributed by atoms with Crippen molar-refractivity contribution in [2.75, 3.05) is 27.2 Å². The third-order valence-corrected chi connectivity index (χ3v) is 7.55. The van der Waals surface area contributed by atoms with Crippen molar-refractivity contribution in [3.05, 3.63) is 107 Å². The number of aryl methyl sites for hydroxylation is 1. The Hall–Kier alpha value is -4.17. The second-order valence-corrected chi connectivity index (χ2v) is 10.4. The first-order chi connectivity index (χ1) is 18.8. The van der Waals surface area contributed by atoms with Crippen LogP contribution in [0.2, 0.25) is 0 Å². The molecule has 2 atom stereocenters. The first-order valence-electron chi connectivity index (χ1n) is 13.3. The maximum Gasteiger partial charge on any atom is 0.334 e. The molecule has 2 saturated heterocycles. The minimum Gasteiger partial charge on any atom is -0.333 e. The van der Waals surface area contributed by atoms with E-state index in [4.69, 9.17) is 0 Å². The van der Waals surface area contributed by atoms with Gasteiger partial charge in [0.2, 0.25) is 11.8 Å². The van der Waals surface area contributed by atoms with Gasteiger partial charge in [0.05, 0.1) is 13.1 Å². The molecule has 5 rings (SSSR count). The predicted octanol–water partition coefficient (Wildman–Crippen LogP) is 3.52. The fourth-order valence-electron chi connectivity index (χ4n) is 5.60. The molecule has 0 unspecified atom stereocenters. The summed E-state index contributed by atoms with van der Waals surface area (Å²) in [4.78, 5) is 45.9. The summed E-state index contributed by atoms with van der Waals surface area (Å²) in [6, 6.07) is 26.9. The molecule has 2 heterocycles. The summed E-state index contributed by atoms with van der Waals surface area (Å²) in [5.74, 6) is -0.211. The topological polar surface area (TPSA) is 67.4 Å². The van der Waals surface area contributed by atoms with Crippen LogP contribution in [-0.4, -0.2) is 82.0 Å². The molecule has 2 fully saturated rings. The van der Waals surface area contributed by atoms with Crippen LogP contribution in [0, 0.1) is 6.92 Å². The Morgan fingerprint density at radius 2 is 1.51 bits per heavy atom. The predicted molar refractivity (Wildman–Crippen MR) is 149 cm³/mol. The average molecular weight is 526 g/mol. The lowest BCUT2D eigenvalue weighted by Crippen LogP contribution is -2.65. The molecular formula is C31H35N5O3. The van der Waals surface area contributed by atoms with Crippen LogP contribution in [0.5, 0.6) is 0 Å². The highest BCUT2D eigenvalue weighted by atomic mass is 16.2. The standard InChI is InChI=1S/C31H35N5O3/c1-23-11-10-16-26(17-23)20-34-21-28-35(33(3)31(39)32(2)19-25-14-8-5-9-15-25)22-29(37)36(28)27(30(34)38)18-24-12-6-4-7-13-24/h4-17,27-28H,18-22H2,1-3H3/t27-,28+/m0/s1. The highest BCUT2D eigenvalue weighted by Crippen LogP contribution is 2.30. The van der Waals surface area contributed by atoms with E-state index in [1.54, 1.807) is 28.9 Å². The van der Waals surface area contributed by atoms with Gasteiger partial charge in [-0.15, -0.1) is 0 Å². The van der Waals surface area contributed by atoms with Crippen molar-refractivity contribution >= 4 is 17.8 Å². The van der Waals surface area contributed by atoms with Gasteiger partial charge in [-0.25, -0.2) is 4.79 Å². The van der Waals surface area contributed by atoms with E-state index in [1.165, 1.54) is 5.01 Å². The number of amides is 4. The molecule has 0 radical (unpaired) electrons. The minimum atomic E-state index is -0.640. The molecule has 0 saturated carbocycles. The Kier molecular flexibility index (Phi) is 7.65. The molecular weight excluding hydrogens is 490 g/mol. The first-order valence-corrected chi connectivity index (χ1v) is 13.3. The van der Waals surface area contributed by atoms with Gasteiger partial charge in [0.15, 0.2) is 0 Å². The van der Waals surface area contributed by atoms with Crippen molar-refractivity contribution in [3.8, 4) is 0 Å². The number of carbonyl (C=O) groups is 3. The molecule has 4 amide bonds. The Morgan fingerprint density at radius 3 is 2.18 bits per heavy atom. The van der Waals surface area contributed by atoms with Crippen molar-refractivity contribution in [1.82, 2.24) is 24.7 Å². The smallest absolute Gasteiger partial charge is 0.333 e. The number of urea groups is 1. The first kappa shape index (κ1) is 26.4. The van der Waals surface area contributed by atoms with Crippen molar-refractivity contribution in [1.29, 1.82) is 0 Å². The van der Waals surface area contributed by atoms with Crippen LogP contribution in [0.3, 0.4) is 0 Å². The number of carbonyl (C=O) groups excluding carboxylic acids is 3. The van der Waals surface area contributed by atoms with Gasteiger partial charge >= 0.3 is 6.03 Å². The van der Waals surface area contributed by atoms with E-state index in [9.17, 15) is 14.4 Å². The van der Waals surface area contributed by atoms with E-state index in [0.29, 0.717) is 26.1 Å². The molecule has 0 aliphatic carbocycles. The fourth-order valence-corrected chi connectivity index (χ4v) is 5.60. The maximum absolute atomic E-state index is 13.9. The Bertz CT molecular complexity index is 1330. The van der Waals surface area contributed by atoms with Gasteiger partial charge in [0.1, 0.15) is 12.2 Å². The number of rotatable bonds is 7. The number of nitrogens with zero attached hydrogens (tertiary/aromatic N) is 5. The zero-order chi connectivity index (χ0) is 27.5. The number of piperazine rings is 1. The van der Waals surface area contributed by atoms with E-state index in [-0.39, 0.29) is 24.4 Å². The summed E-state index contributed by atoms with van der Waals surface area (Å²) in [6.45, 7) is 3.30.